The molecular weight excluding hydrogens is 408 g/mol. The number of aryl methyl sites for hydroxylation is 3. The molecule has 0 aliphatic heterocycles. The number of benzene rings is 1. The second kappa shape index (κ2) is 8.38. The summed E-state index contributed by atoms with van der Waals surface area (Å²) in [4.78, 5) is 43.1. The van der Waals surface area contributed by atoms with E-state index < -0.39 is 11.9 Å². The van der Waals surface area contributed by atoms with Crippen molar-refractivity contribution in [3.05, 3.63) is 50.1 Å². The van der Waals surface area contributed by atoms with Crippen LogP contribution in [0.4, 0.5) is 10.5 Å². The average molecular weight is 431 g/mol. The van der Waals surface area contributed by atoms with E-state index in [1.807, 2.05) is 39.8 Å². The molecule has 3 amide bonds. The van der Waals surface area contributed by atoms with E-state index >= 15 is 0 Å². The van der Waals surface area contributed by atoms with Crippen molar-refractivity contribution in [2.45, 2.75) is 32.9 Å². The van der Waals surface area contributed by atoms with Gasteiger partial charge in [-0.25, -0.2) is 9.78 Å². The monoisotopic (exact) mass is 430 g/mol. The van der Waals surface area contributed by atoms with Gasteiger partial charge in [-0.05, 0) is 50.5 Å². The number of hydrogen-bond acceptors (Lipinski definition) is 6. The summed E-state index contributed by atoms with van der Waals surface area (Å²) in [6.07, 6.45) is 0. The van der Waals surface area contributed by atoms with Gasteiger partial charge in [0.05, 0.1) is 11.1 Å². The van der Waals surface area contributed by atoms with Crippen LogP contribution in [0.5, 0.6) is 0 Å². The second-order valence-electron chi connectivity index (χ2n) is 6.76. The van der Waals surface area contributed by atoms with Crippen LogP contribution in [0.3, 0.4) is 0 Å². The highest BCUT2D eigenvalue weighted by atomic mass is 32.2. The first-order valence-electron chi connectivity index (χ1n) is 8.95. The number of fused-ring (bicyclic) bond motifs is 1. The number of nitrogens with one attached hydrogen (secondary N) is 2. The third-order valence-corrected chi connectivity index (χ3v) is 6.94. The first kappa shape index (κ1) is 21.1. The first-order valence-corrected chi connectivity index (χ1v) is 10.8. The normalized spacial score (nSPS) is 10.9. The molecule has 0 saturated carbocycles. The van der Waals surface area contributed by atoms with Crippen LogP contribution in [0.25, 0.3) is 10.2 Å². The summed E-state index contributed by atoms with van der Waals surface area (Å²) in [7, 11) is 1.63. The summed E-state index contributed by atoms with van der Waals surface area (Å²) >= 11 is 2.58. The van der Waals surface area contributed by atoms with Gasteiger partial charge >= 0.3 is 6.03 Å². The molecule has 152 valence electrons. The highest BCUT2D eigenvalue weighted by molar-refractivity contribution is 7.99. The van der Waals surface area contributed by atoms with Crippen LogP contribution in [-0.4, -0.2) is 27.2 Å². The topological polar surface area (TPSA) is 93.1 Å². The smallest absolute Gasteiger partial charge is 0.307 e. The lowest BCUT2D eigenvalue weighted by molar-refractivity contribution is -0.117. The van der Waals surface area contributed by atoms with E-state index in [4.69, 9.17) is 0 Å². The van der Waals surface area contributed by atoms with Crippen LogP contribution in [0, 0.1) is 27.7 Å². The lowest BCUT2D eigenvalue weighted by Crippen LogP contribution is -2.35. The number of carbonyl (C=O) groups excluding carboxylic acids is 2. The number of thioether (sulfide) groups is 1. The maximum Gasteiger partial charge on any atom is 0.325 e. The van der Waals surface area contributed by atoms with E-state index in [0.717, 1.165) is 33.3 Å². The molecule has 0 bridgehead atoms. The average Bonchev–Trinajstić information content (AvgIpc) is 2.94. The number of carbonyl (C=O) groups is 2. The van der Waals surface area contributed by atoms with Crippen molar-refractivity contribution in [1.82, 2.24) is 14.9 Å². The molecule has 3 rings (SSSR count). The summed E-state index contributed by atoms with van der Waals surface area (Å²) in [5.41, 5.74) is 3.45. The largest absolute Gasteiger partial charge is 0.325 e. The summed E-state index contributed by atoms with van der Waals surface area (Å²) in [5.74, 6) is -0.499. The molecule has 0 radical (unpaired) electrons. The number of rotatable bonds is 4. The molecule has 0 atom stereocenters. The Bertz CT molecular complexity index is 1180. The lowest BCUT2D eigenvalue weighted by Gasteiger charge is -2.11. The SMILES string of the molecule is Cc1cccc(NC(=O)NC(=O)CSc2nc3sc(C)c(C)c3c(=O)n2C)c1C. The van der Waals surface area contributed by atoms with Gasteiger partial charge in [0.15, 0.2) is 5.16 Å². The molecule has 29 heavy (non-hydrogen) atoms. The van der Waals surface area contributed by atoms with Crippen molar-refractivity contribution < 1.29 is 9.59 Å². The van der Waals surface area contributed by atoms with E-state index in [1.165, 1.54) is 15.9 Å². The van der Waals surface area contributed by atoms with Crippen LogP contribution in [0.2, 0.25) is 0 Å². The van der Waals surface area contributed by atoms with E-state index in [-0.39, 0.29) is 11.3 Å². The Morgan fingerprint density at radius 2 is 1.90 bits per heavy atom. The van der Waals surface area contributed by atoms with Crippen molar-refractivity contribution in [3.63, 3.8) is 0 Å². The molecule has 2 N–H and O–H groups in total. The van der Waals surface area contributed by atoms with Crippen molar-refractivity contribution in [2.24, 2.45) is 7.05 Å². The van der Waals surface area contributed by atoms with Crippen molar-refractivity contribution in [1.29, 1.82) is 0 Å². The van der Waals surface area contributed by atoms with Gasteiger partial charge in [0.25, 0.3) is 5.56 Å². The molecule has 0 saturated heterocycles. The Morgan fingerprint density at radius 3 is 2.62 bits per heavy atom. The maximum absolute atomic E-state index is 12.6. The number of amides is 3. The fraction of sp³-hybridized carbons (Fsp3) is 0.300. The van der Waals surface area contributed by atoms with Crippen molar-refractivity contribution in [3.8, 4) is 0 Å². The number of hydrogen-bond donors (Lipinski definition) is 2. The van der Waals surface area contributed by atoms with E-state index in [1.54, 1.807) is 13.1 Å². The molecule has 7 nitrogen and oxygen atoms in total. The molecule has 0 aliphatic rings. The van der Waals surface area contributed by atoms with Gasteiger partial charge in [-0.3, -0.25) is 19.5 Å². The Kier molecular flexibility index (Phi) is 6.09. The molecule has 3 aromatic rings. The summed E-state index contributed by atoms with van der Waals surface area (Å²) in [6.45, 7) is 7.71. The predicted octanol–water partition coefficient (Wildman–Crippen LogP) is 3.67. The van der Waals surface area contributed by atoms with Gasteiger partial charge in [0.1, 0.15) is 4.83 Å². The Morgan fingerprint density at radius 1 is 1.17 bits per heavy atom. The zero-order valence-corrected chi connectivity index (χ0v) is 18.5. The number of anilines is 1. The van der Waals surface area contributed by atoms with Gasteiger partial charge in [-0.2, -0.15) is 0 Å². The molecule has 0 aliphatic carbocycles. The maximum atomic E-state index is 12.6. The number of urea groups is 1. The number of nitrogens with zero attached hydrogens (tertiary/aromatic N) is 2. The van der Waals surface area contributed by atoms with Gasteiger partial charge in [-0.1, -0.05) is 23.9 Å². The van der Waals surface area contributed by atoms with Crippen LogP contribution < -0.4 is 16.2 Å². The minimum atomic E-state index is -0.592. The third-order valence-electron chi connectivity index (χ3n) is 4.81. The van der Waals surface area contributed by atoms with Crippen LogP contribution in [0.15, 0.2) is 28.2 Å². The van der Waals surface area contributed by atoms with Crippen molar-refractivity contribution in [2.75, 3.05) is 11.1 Å². The molecule has 0 unspecified atom stereocenters. The second-order valence-corrected chi connectivity index (χ2v) is 8.91. The minimum absolute atomic E-state index is 0.0324. The quantitative estimate of drug-likeness (QED) is 0.487. The molecular formula is C20H22N4O3S2. The summed E-state index contributed by atoms with van der Waals surface area (Å²) in [6, 6.07) is 4.98. The minimum Gasteiger partial charge on any atom is -0.307 e. The van der Waals surface area contributed by atoms with E-state index in [2.05, 4.69) is 15.6 Å². The number of aromatic nitrogens is 2. The van der Waals surface area contributed by atoms with Gasteiger partial charge in [-0.15, -0.1) is 11.3 Å². The highest BCUT2D eigenvalue weighted by Gasteiger charge is 2.16. The fourth-order valence-corrected chi connectivity index (χ4v) is 4.66. The van der Waals surface area contributed by atoms with E-state index in [0.29, 0.717) is 21.1 Å². The van der Waals surface area contributed by atoms with Crippen LogP contribution >= 0.6 is 23.1 Å². The molecule has 2 heterocycles. The third kappa shape index (κ3) is 4.35. The zero-order chi connectivity index (χ0) is 21.3. The molecule has 2 aromatic heterocycles. The molecule has 0 fully saturated rings. The molecule has 9 heteroatoms. The first-order chi connectivity index (χ1) is 13.7. The van der Waals surface area contributed by atoms with Gasteiger partial charge in [0.2, 0.25) is 5.91 Å². The Hall–Kier alpha value is -2.65. The standard InChI is InChI=1S/C20H22N4O3S2/c1-10-7-6-8-14(11(10)2)21-19(27)22-15(25)9-28-20-23-17-16(18(26)24(20)5)12(3)13(4)29-17/h6-8H,9H2,1-5H3,(H2,21,22,25,27). The highest BCUT2D eigenvalue weighted by Crippen LogP contribution is 2.28. The van der Waals surface area contributed by atoms with Gasteiger partial charge in [0, 0.05) is 17.6 Å². The number of imide groups is 1. The fourth-order valence-electron chi connectivity index (χ4n) is 2.82. The predicted molar refractivity (Wildman–Crippen MR) is 118 cm³/mol. The van der Waals surface area contributed by atoms with Crippen LogP contribution in [0.1, 0.15) is 21.6 Å². The summed E-state index contributed by atoms with van der Waals surface area (Å²) < 4.78 is 1.44. The molecule has 1 aromatic carbocycles. The number of thiophene rings is 1. The van der Waals surface area contributed by atoms with E-state index in [9.17, 15) is 14.4 Å². The molecule has 0 spiro atoms. The Labute approximate surface area is 176 Å². The van der Waals surface area contributed by atoms with Crippen LogP contribution in [-0.2, 0) is 11.8 Å². The zero-order valence-electron chi connectivity index (χ0n) is 16.9. The summed E-state index contributed by atoms with van der Waals surface area (Å²) in [5, 5.41) is 6.05. The Balaban J connectivity index is 1.66. The lowest BCUT2D eigenvalue weighted by atomic mass is 10.1. The van der Waals surface area contributed by atoms with Crippen molar-refractivity contribution >= 4 is 50.9 Å². The van der Waals surface area contributed by atoms with Gasteiger partial charge < -0.3 is 5.32 Å².